The summed E-state index contributed by atoms with van der Waals surface area (Å²) in [5.74, 6) is 0.681. The first-order chi connectivity index (χ1) is 18.6. The predicted octanol–water partition coefficient (Wildman–Crippen LogP) is 3.67. The number of carbonyl (C=O) groups excluding carboxylic acids is 1. The second kappa shape index (κ2) is 12.6. The monoisotopic (exact) mass is 558 g/mol. The van der Waals surface area contributed by atoms with Gasteiger partial charge in [0.1, 0.15) is 23.3 Å². The highest BCUT2D eigenvalue weighted by atomic mass is 16.6. The lowest BCUT2D eigenvalue weighted by Crippen LogP contribution is -2.57. The third-order valence-corrected chi connectivity index (χ3v) is 6.90. The van der Waals surface area contributed by atoms with Crippen molar-refractivity contribution in [2.45, 2.75) is 92.3 Å². The summed E-state index contributed by atoms with van der Waals surface area (Å²) in [5.41, 5.74) is -0.774. The highest BCUT2D eigenvalue weighted by molar-refractivity contribution is 5.89. The van der Waals surface area contributed by atoms with E-state index < -0.39 is 23.9 Å². The first-order valence-corrected chi connectivity index (χ1v) is 14.2. The molecule has 1 aromatic carbocycles. The van der Waals surface area contributed by atoms with E-state index in [0.29, 0.717) is 43.3 Å². The Kier molecular flexibility index (Phi) is 9.89. The molecule has 0 aliphatic carbocycles. The molecule has 2 aromatic rings. The highest BCUT2D eigenvalue weighted by Crippen LogP contribution is 2.24. The first kappa shape index (κ1) is 31.4. The molecule has 0 radical (unpaired) electrons. The highest BCUT2D eigenvalue weighted by Gasteiger charge is 2.34. The molecule has 1 aliphatic heterocycles. The number of anilines is 1. The number of hydrogen-bond donors (Lipinski definition) is 1. The smallest absolute Gasteiger partial charge is 0.338 e. The molecule has 1 N–H and O–H groups in total. The molecule has 0 spiro atoms. The lowest BCUT2D eigenvalue weighted by Gasteiger charge is -2.42. The van der Waals surface area contributed by atoms with Crippen molar-refractivity contribution in [3.8, 4) is 5.75 Å². The molecule has 1 fully saturated rings. The van der Waals surface area contributed by atoms with E-state index in [-0.39, 0.29) is 29.3 Å². The molecule has 10 heteroatoms. The van der Waals surface area contributed by atoms with Gasteiger partial charge in [0.25, 0.3) is 5.56 Å². The van der Waals surface area contributed by atoms with Crippen LogP contribution in [-0.2, 0) is 4.74 Å². The van der Waals surface area contributed by atoms with Gasteiger partial charge in [-0.1, -0.05) is 13.8 Å². The quantitative estimate of drug-likeness (QED) is 0.465. The van der Waals surface area contributed by atoms with Crippen LogP contribution in [0.3, 0.4) is 0 Å². The van der Waals surface area contributed by atoms with Gasteiger partial charge in [-0.05, 0) is 78.6 Å². The van der Waals surface area contributed by atoms with Gasteiger partial charge in [-0.3, -0.25) is 18.8 Å². The Morgan fingerprint density at radius 3 is 1.90 bits per heavy atom. The fraction of sp³-hybridized carbons (Fsp3) is 0.633. The second-order valence-corrected chi connectivity index (χ2v) is 12.3. The largest absolute Gasteiger partial charge is 0.472 e. The number of rotatable bonds is 9. The molecule has 2 unspecified atom stereocenters. The molecular weight excluding hydrogens is 512 g/mol. The zero-order valence-electron chi connectivity index (χ0n) is 25.4. The number of benzene rings is 1. The summed E-state index contributed by atoms with van der Waals surface area (Å²) in [6, 6.07) is 7.94. The van der Waals surface area contributed by atoms with Crippen molar-refractivity contribution in [1.82, 2.24) is 14.0 Å². The van der Waals surface area contributed by atoms with E-state index in [9.17, 15) is 19.5 Å². The molecule has 2 heterocycles. The van der Waals surface area contributed by atoms with Crippen LogP contribution >= 0.6 is 0 Å². The summed E-state index contributed by atoms with van der Waals surface area (Å²) in [6.07, 6.45) is -1.38. The molecule has 0 bridgehead atoms. The lowest BCUT2D eigenvalue weighted by molar-refractivity contribution is -0.0851. The molecule has 1 aliphatic rings. The number of piperazine rings is 1. The summed E-state index contributed by atoms with van der Waals surface area (Å²) >= 11 is 0. The Morgan fingerprint density at radius 2 is 1.43 bits per heavy atom. The number of aromatic nitrogens is 2. The minimum atomic E-state index is -0.763. The molecule has 40 heavy (non-hydrogen) atoms. The van der Waals surface area contributed by atoms with E-state index in [0.717, 1.165) is 0 Å². The van der Waals surface area contributed by atoms with Gasteiger partial charge in [-0.2, -0.15) is 0 Å². The lowest BCUT2D eigenvalue weighted by atomic mass is 10.0. The van der Waals surface area contributed by atoms with E-state index >= 15 is 0 Å². The van der Waals surface area contributed by atoms with Crippen LogP contribution < -0.4 is 20.9 Å². The summed E-state index contributed by atoms with van der Waals surface area (Å²) in [6.45, 7) is 19.1. The number of aliphatic hydroxyl groups excluding tert-OH is 1. The molecule has 1 saturated heterocycles. The van der Waals surface area contributed by atoms with E-state index in [1.807, 2.05) is 62.3 Å². The van der Waals surface area contributed by atoms with Crippen molar-refractivity contribution in [3.63, 3.8) is 0 Å². The SMILES string of the molecule is CC(C)C(O)C(Oc1ccc(C(=O)OC(C)(C)C)cc1)N1CCN(c2cc(=O)n(C(C)C)c(=O)n2C(C)C)CC1. The molecule has 10 nitrogen and oxygen atoms in total. The normalized spacial score (nSPS) is 16.5. The maximum atomic E-state index is 13.2. The van der Waals surface area contributed by atoms with Crippen LogP contribution in [0.15, 0.2) is 39.9 Å². The summed E-state index contributed by atoms with van der Waals surface area (Å²) < 4.78 is 14.7. The van der Waals surface area contributed by atoms with Crippen molar-refractivity contribution in [2.24, 2.45) is 5.92 Å². The maximum absolute atomic E-state index is 13.2. The average molecular weight is 559 g/mol. The molecule has 0 amide bonds. The Bertz CT molecular complexity index is 1270. The maximum Gasteiger partial charge on any atom is 0.338 e. The molecular formula is C30H46N4O6. The Hall–Kier alpha value is -3.11. The molecule has 2 atom stereocenters. The summed E-state index contributed by atoms with van der Waals surface area (Å²) in [4.78, 5) is 42.6. The van der Waals surface area contributed by atoms with Gasteiger partial charge in [-0.25, -0.2) is 9.59 Å². The van der Waals surface area contributed by atoms with Gasteiger partial charge in [0.05, 0.1) is 5.56 Å². The number of aliphatic hydroxyl groups is 1. The van der Waals surface area contributed by atoms with Crippen molar-refractivity contribution < 1.29 is 19.4 Å². The second-order valence-electron chi connectivity index (χ2n) is 12.3. The topological polar surface area (TPSA) is 106 Å². The number of esters is 1. The van der Waals surface area contributed by atoms with E-state index in [1.54, 1.807) is 34.9 Å². The minimum absolute atomic E-state index is 0.0567. The van der Waals surface area contributed by atoms with Crippen LogP contribution in [0.1, 0.15) is 84.8 Å². The minimum Gasteiger partial charge on any atom is -0.472 e. The van der Waals surface area contributed by atoms with Gasteiger partial charge < -0.3 is 19.5 Å². The third kappa shape index (κ3) is 7.34. The first-order valence-electron chi connectivity index (χ1n) is 14.2. The molecule has 3 rings (SSSR count). The molecule has 0 saturated carbocycles. The van der Waals surface area contributed by atoms with E-state index in [4.69, 9.17) is 9.47 Å². The van der Waals surface area contributed by atoms with E-state index in [2.05, 4.69) is 9.80 Å². The van der Waals surface area contributed by atoms with E-state index in [1.165, 1.54) is 4.57 Å². The van der Waals surface area contributed by atoms with Crippen LogP contribution in [0.4, 0.5) is 5.82 Å². The van der Waals surface area contributed by atoms with Gasteiger partial charge in [-0.15, -0.1) is 0 Å². The Morgan fingerprint density at radius 1 is 0.875 bits per heavy atom. The van der Waals surface area contributed by atoms with Gasteiger partial charge in [0.2, 0.25) is 0 Å². The van der Waals surface area contributed by atoms with Crippen molar-refractivity contribution in [2.75, 3.05) is 31.1 Å². The zero-order valence-corrected chi connectivity index (χ0v) is 25.4. The van der Waals surface area contributed by atoms with Crippen molar-refractivity contribution >= 4 is 11.8 Å². The average Bonchev–Trinajstić information content (AvgIpc) is 2.85. The van der Waals surface area contributed by atoms with Crippen LogP contribution in [0.2, 0.25) is 0 Å². The Labute approximate surface area is 237 Å². The van der Waals surface area contributed by atoms with Gasteiger partial charge in [0, 0.05) is 44.3 Å². The van der Waals surface area contributed by atoms with Crippen molar-refractivity contribution in [1.29, 1.82) is 0 Å². The fourth-order valence-corrected chi connectivity index (χ4v) is 4.80. The van der Waals surface area contributed by atoms with Crippen LogP contribution in [-0.4, -0.2) is 69.2 Å². The van der Waals surface area contributed by atoms with Crippen LogP contribution in [0, 0.1) is 5.92 Å². The van der Waals surface area contributed by atoms with Gasteiger partial charge >= 0.3 is 11.7 Å². The zero-order chi connectivity index (χ0) is 29.9. The summed E-state index contributed by atoms with van der Waals surface area (Å²) in [5, 5.41) is 11.1. The third-order valence-electron chi connectivity index (χ3n) is 6.90. The standard InChI is InChI=1S/C30H46N4O6/c1-19(2)26(36)27(39-23-12-10-22(11-13-23)28(37)40-30(7,8)9)32-16-14-31(15-17-32)24-18-25(35)34(21(5)6)29(38)33(24)20(3)4/h10-13,18-21,26-27,36H,14-17H2,1-9H3. The number of ether oxygens (including phenoxy) is 2. The van der Waals surface area contributed by atoms with Crippen LogP contribution in [0.25, 0.3) is 0 Å². The van der Waals surface area contributed by atoms with Crippen molar-refractivity contribution in [3.05, 3.63) is 56.7 Å². The number of hydrogen-bond acceptors (Lipinski definition) is 8. The summed E-state index contributed by atoms with van der Waals surface area (Å²) in [7, 11) is 0. The number of carbonyl (C=O) groups is 1. The molecule has 1 aromatic heterocycles. The number of nitrogens with zero attached hydrogens (tertiary/aromatic N) is 4. The van der Waals surface area contributed by atoms with Crippen LogP contribution in [0.5, 0.6) is 5.75 Å². The Balaban J connectivity index is 1.80. The predicted molar refractivity (Wildman–Crippen MR) is 156 cm³/mol. The fourth-order valence-electron chi connectivity index (χ4n) is 4.80. The molecule has 222 valence electrons. The van der Waals surface area contributed by atoms with Gasteiger partial charge in [0.15, 0.2) is 6.23 Å².